The minimum absolute atomic E-state index is 0.368. The van der Waals surface area contributed by atoms with Gasteiger partial charge in [-0.15, -0.1) is 0 Å². The fourth-order valence-electron chi connectivity index (χ4n) is 1.24. The molecular weight excluding hydrogens is 178 g/mol. The predicted molar refractivity (Wildman–Crippen MR) is 56.1 cm³/mol. The molecule has 0 fully saturated rings. The van der Waals surface area contributed by atoms with E-state index < -0.39 is 0 Å². The quantitative estimate of drug-likeness (QED) is 0.606. The number of rotatable bonds is 7. The average Bonchev–Trinajstić information content (AvgIpc) is 2.70. The van der Waals surface area contributed by atoms with E-state index in [0.717, 1.165) is 26.1 Å². The van der Waals surface area contributed by atoms with Gasteiger partial charge in [-0.3, -0.25) is 0 Å². The van der Waals surface area contributed by atoms with Crippen LogP contribution in [0.3, 0.4) is 0 Å². The van der Waals surface area contributed by atoms with Gasteiger partial charge in [0, 0.05) is 6.54 Å². The Kier molecular flexibility index (Phi) is 5.17. The van der Waals surface area contributed by atoms with E-state index in [1.54, 1.807) is 12.7 Å². The molecule has 0 saturated heterocycles. The van der Waals surface area contributed by atoms with E-state index >= 15 is 0 Å². The van der Waals surface area contributed by atoms with Gasteiger partial charge in [0.05, 0.1) is 6.04 Å². The molecule has 1 heterocycles. The molecule has 1 rings (SSSR count). The van der Waals surface area contributed by atoms with Gasteiger partial charge in [0.1, 0.15) is 12.7 Å². The lowest BCUT2D eigenvalue weighted by Gasteiger charge is -2.12. The van der Waals surface area contributed by atoms with Crippen molar-refractivity contribution in [3.63, 3.8) is 0 Å². The van der Waals surface area contributed by atoms with Crippen LogP contribution >= 0.6 is 0 Å². The van der Waals surface area contributed by atoms with Gasteiger partial charge in [-0.1, -0.05) is 0 Å². The molecule has 0 spiro atoms. The Labute approximate surface area is 84.9 Å². The lowest BCUT2D eigenvalue weighted by Crippen LogP contribution is -2.26. The van der Waals surface area contributed by atoms with Crippen LogP contribution in [0.2, 0.25) is 0 Å². The summed E-state index contributed by atoms with van der Waals surface area (Å²) >= 11 is 0. The molecule has 0 aliphatic heterocycles. The van der Waals surface area contributed by atoms with Crippen LogP contribution in [0, 0.1) is 0 Å². The molecular formula is C9H19N5. The molecule has 1 unspecified atom stereocenters. The Morgan fingerprint density at radius 2 is 2.29 bits per heavy atom. The number of hydrogen-bond acceptors (Lipinski definition) is 4. The third kappa shape index (κ3) is 3.85. The first-order valence-corrected chi connectivity index (χ1v) is 5.04. The molecule has 80 valence electrons. The van der Waals surface area contributed by atoms with Crippen molar-refractivity contribution in [3.05, 3.63) is 12.7 Å². The predicted octanol–water partition coefficient (Wildman–Crippen LogP) is 0.0382. The molecule has 0 aliphatic rings. The summed E-state index contributed by atoms with van der Waals surface area (Å²) in [5.41, 5.74) is 0. The first-order valence-electron chi connectivity index (χ1n) is 5.04. The summed E-state index contributed by atoms with van der Waals surface area (Å²) in [5.74, 6) is 0. The highest BCUT2D eigenvalue weighted by molar-refractivity contribution is 4.66. The van der Waals surface area contributed by atoms with Crippen LogP contribution < -0.4 is 10.6 Å². The summed E-state index contributed by atoms with van der Waals surface area (Å²) in [4.78, 5) is 3.91. The number of aromatic nitrogens is 3. The Morgan fingerprint density at radius 3 is 2.93 bits per heavy atom. The maximum absolute atomic E-state index is 4.08. The van der Waals surface area contributed by atoms with Crippen molar-refractivity contribution < 1.29 is 0 Å². The highest BCUT2D eigenvalue weighted by Gasteiger charge is 2.02. The third-order valence-corrected chi connectivity index (χ3v) is 2.11. The second-order valence-corrected chi connectivity index (χ2v) is 3.39. The monoisotopic (exact) mass is 197 g/mol. The van der Waals surface area contributed by atoms with Crippen LogP contribution in [0.25, 0.3) is 0 Å². The van der Waals surface area contributed by atoms with Crippen molar-refractivity contribution in [2.75, 3.05) is 26.7 Å². The zero-order valence-corrected chi connectivity index (χ0v) is 8.90. The molecule has 5 nitrogen and oxygen atoms in total. The topological polar surface area (TPSA) is 54.8 Å². The van der Waals surface area contributed by atoms with E-state index in [1.807, 2.05) is 11.7 Å². The zero-order valence-electron chi connectivity index (χ0n) is 8.90. The maximum Gasteiger partial charge on any atom is 0.137 e. The van der Waals surface area contributed by atoms with Gasteiger partial charge in [-0.05, 0) is 33.5 Å². The van der Waals surface area contributed by atoms with Gasteiger partial charge in [0.2, 0.25) is 0 Å². The summed E-state index contributed by atoms with van der Waals surface area (Å²) in [7, 11) is 1.97. The van der Waals surface area contributed by atoms with Crippen LogP contribution in [-0.2, 0) is 0 Å². The highest BCUT2D eigenvalue weighted by atomic mass is 15.3. The van der Waals surface area contributed by atoms with Gasteiger partial charge in [0.15, 0.2) is 0 Å². The molecule has 0 amide bonds. The fraction of sp³-hybridized carbons (Fsp3) is 0.778. The molecule has 0 aromatic carbocycles. The molecule has 0 aliphatic carbocycles. The molecule has 2 N–H and O–H groups in total. The smallest absolute Gasteiger partial charge is 0.137 e. The van der Waals surface area contributed by atoms with E-state index in [-0.39, 0.29) is 0 Å². The standard InChI is InChI=1S/C9H19N5/c1-9(14-8-12-7-13-14)6-11-5-3-4-10-2/h7-11H,3-6H2,1-2H3. The summed E-state index contributed by atoms with van der Waals surface area (Å²) in [5, 5.41) is 10.6. The first-order chi connectivity index (χ1) is 6.84. The van der Waals surface area contributed by atoms with Crippen molar-refractivity contribution in [1.29, 1.82) is 0 Å². The molecule has 0 saturated carbocycles. The Hall–Kier alpha value is -0.940. The van der Waals surface area contributed by atoms with Crippen molar-refractivity contribution in [1.82, 2.24) is 25.4 Å². The molecule has 0 bridgehead atoms. The van der Waals surface area contributed by atoms with Crippen LogP contribution in [-0.4, -0.2) is 41.4 Å². The number of nitrogens with one attached hydrogen (secondary N) is 2. The SMILES string of the molecule is CNCCCNCC(C)n1cncn1. The highest BCUT2D eigenvalue weighted by Crippen LogP contribution is 1.98. The van der Waals surface area contributed by atoms with Crippen molar-refractivity contribution in [3.8, 4) is 0 Å². The Balaban J connectivity index is 2.07. The molecule has 14 heavy (non-hydrogen) atoms. The largest absolute Gasteiger partial charge is 0.320 e. The van der Waals surface area contributed by atoms with E-state index in [9.17, 15) is 0 Å². The normalized spacial score (nSPS) is 13.0. The third-order valence-electron chi connectivity index (χ3n) is 2.11. The Bertz CT molecular complexity index is 221. The van der Waals surface area contributed by atoms with E-state index in [0.29, 0.717) is 6.04 Å². The van der Waals surface area contributed by atoms with Crippen LogP contribution in [0.4, 0.5) is 0 Å². The minimum atomic E-state index is 0.368. The van der Waals surface area contributed by atoms with Crippen molar-refractivity contribution >= 4 is 0 Å². The second-order valence-electron chi connectivity index (χ2n) is 3.39. The molecule has 0 radical (unpaired) electrons. The number of nitrogens with zero attached hydrogens (tertiary/aromatic N) is 3. The molecule has 5 heteroatoms. The van der Waals surface area contributed by atoms with Crippen molar-refractivity contribution in [2.45, 2.75) is 19.4 Å². The minimum Gasteiger partial charge on any atom is -0.320 e. The Morgan fingerprint density at radius 1 is 1.43 bits per heavy atom. The average molecular weight is 197 g/mol. The van der Waals surface area contributed by atoms with Crippen LogP contribution in [0.1, 0.15) is 19.4 Å². The lowest BCUT2D eigenvalue weighted by molar-refractivity contribution is 0.450. The zero-order chi connectivity index (χ0) is 10.2. The van der Waals surface area contributed by atoms with E-state index in [2.05, 4.69) is 27.6 Å². The van der Waals surface area contributed by atoms with Crippen molar-refractivity contribution in [2.24, 2.45) is 0 Å². The van der Waals surface area contributed by atoms with Gasteiger partial charge < -0.3 is 10.6 Å². The second kappa shape index (κ2) is 6.50. The van der Waals surface area contributed by atoms with Crippen LogP contribution in [0.5, 0.6) is 0 Å². The molecule has 1 aromatic rings. The molecule has 1 atom stereocenters. The summed E-state index contributed by atoms with van der Waals surface area (Å²) in [6.07, 6.45) is 4.47. The van der Waals surface area contributed by atoms with Gasteiger partial charge in [-0.25, -0.2) is 9.67 Å². The van der Waals surface area contributed by atoms with Crippen LogP contribution in [0.15, 0.2) is 12.7 Å². The van der Waals surface area contributed by atoms with E-state index in [1.165, 1.54) is 0 Å². The summed E-state index contributed by atoms with van der Waals surface area (Å²) in [6, 6.07) is 0.368. The lowest BCUT2D eigenvalue weighted by atomic mass is 10.3. The van der Waals surface area contributed by atoms with Gasteiger partial charge >= 0.3 is 0 Å². The van der Waals surface area contributed by atoms with E-state index in [4.69, 9.17) is 0 Å². The first kappa shape index (κ1) is 11.1. The maximum atomic E-state index is 4.08. The summed E-state index contributed by atoms with van der Waals surface area (Å²) in [6.45, 7) is 5.16. The van der Waals surface area contributed by atoms with Gasteiger partial charge in [0.25, 0.3) is 0 Å². The fourth-order valence-corrected chi connectivity index (χ4v) is 1.24. The number of hydrogen-bond donors (Lipinski definition) is 2. The summed E-state index contributed by atoms with van der Waals surface area (Å²) < 4.78 is 1.87. The van der Waals surface area contributed by atoms with Gasteiger partial charge in [-0.2, -0.15) is 5.10 Å². The molecule has 1 aromatic heterocycles.